The molecule has 1 aromatic carbocycles. The molecule has 0 heterocycles. The van der Waals surface area contributed by atoms with Gasteiger partial charge in [-0.1, -0.05) is 13.0 Å². The summed E-state index contributed by atoms with van der Waals surface area (Å²) in [6.45, 7) is 1.90. The lowest BCUT2D eigenvalue weighted by Crippen LogP contribution is -2.17. The van der Waals surface area contributed by atoms with Crippen molar-refractivity contribution in [3.05, 3.63) is 29.8 Å². The zero-order valence-corrected chi connectivity index (χ0v) is 10.8. The molecule has 100 valence electrons. The Hall–Kier alpha value is -1.14. The van der Waals surface area contributed by atoms with E-state index in [-0.39, 0.29) is 18.3 Å². The number of rotatable bonds is 6. The third-order valence-corrected chi connectivity index (χ3v) is 3.45. The third-order valence-electron chi connectivity index (χ3n) is 2.17. The number of hydrogen-bond donors (Lipinski definition) is 2. The maximum atomic E-state index is 13.2. The molecule has 2 N–H and O–H groups in total. The Kier molecular flexibility index (Phi) is 6.07. The molecule has 3 nitrogen and oxygen atoms in total. The summed E-state index contributed by atoms with van der Waals surface area (Å²) in [6, 6.07) is 3.40. The SMILES string of the molecule is CC(CO)CSCC(=O)Nc1c(F)cccc1F. The first-order valence-electron chi connectivity index (χ1n) is 5.47. The van der Waals surface area contributed by atoms with Crippen molar-refractivity contribution < 1.29 is 18.7 Å². The number of halogens is 2. The Morgan fingerprint density at radius 3 is 2.61 bits per heavy atom. The number of anilines is 1. The van der Waals surface area contributed by atoms with Gasteiger partial charge in [0.1, 0.15) is 17.3 Å². The summed E-state index contributed by atoms with van der Waals surface area (Å²) in [5, 5.41) is 11.0. The van der Waals surface area contributed by atoms with Crippen LogP contribution in [-0.2, 0) is 4.79 Å². The Morgan fingerprint density at radius 1 is 1.44 bits per heavy atom. The zero-order valence-electron chi connectivity index (χ0n) is 9.95. The Morgan fingerprint density at radius 2 is 2.06 bits per heavy atom. The third kappa shape index (κ3) is 4.62. The lowest BCUT2D eigenvalue weighted by Gasteiger charge is -2.09. The summed E-state index contributed by atoms with van der Waals surface area (Å²) in [7, 11) is 0. The standard InChI is InChI=1S/C12H15F2NO2S/c1-8(5-16)6-18-7-11(17)15-12-9(13)3-2-4-10(12)14/h2-4,8,16H,5-7H2,1H3,(H,15,17). The summed E-state index contributed by atoms with van der Waals surface area (Å²) in [6.07, 6.45) is 0. The van der Waals surface area contributed by atoms with E-state index in [9.17, 15) is 13.6 Å². The van der Waals surface area contributed by atoms with E-state index in [1.54, 1.807) is 0 Å². The van der Waals surface area contributed by atoms with Crippen LogP contribution in [0, 0.1) is 17.6 Å². The smallest absolute Gasteiger partial charge is 0.234 e. The summed E-state index contributed by atoms with van der Waals surface area (Å²) >= 11 is 1.31. The second kappa shape index (κ2) is 7.33. The van der Waals surface area contributed by atoms with Gasteiger partial charge in [-0.25, -0.2) is 8.78 Å². The quantitative estimate of drug-likeness (QED) is 0.837. The fourth-order valence-electron chi connectivity index (χ4n) is 1.20. The van der Waals surface area contributed by atoms with Gasteiger partial charge < -0.3 is 10.4 Å². The molecule has 0 saturated carbocycles. The van der Waals surface area contributed by atoms with Gasteiger partial charge in [0.05, 0.1) is 5.75 Å². The number of aliphatic hydroxyl groups excluding tert-OH is 1. The van der Waals surface area contributed by atoms with Gasteiger partial charge in [0.15, 0.2) is 0 Å². The van der Waals surface area contributed by atoms with Crippen LogP contribution in [0.2, 0.25) is 0 Å². The van der Waals surface area contributed by atoms with E-state index in [1.807, 2.05) is 6.92 Å². The van der Waals surface area contributed by atoms with Crippen molar-refractivity contribution in [2.75, 3.05) is 23.4 Å². The van der Waals surface area contributed by atoms with Gasteiger partial charge in [0.25, 0.3) is 0 Å². The van der Waals surface area contributed by atoms with Crippen molar-refractivity contribution in [1.82, 2.24) is 0 Å². The fraction of sp³-hybridized carbons (Fsp3) is 0.417. The molecular formula is C12H15F2NO2S. The second-order valence-corrected chi connectivity index (χ2v) is 4.98. The first-order valence-corrected chi connectivity index (χ1v) is 6.62. The largest absolute Gasteiger partial charge is 0.396 e. The predicted octanol–water partition coefficient (Wildman–Crippen LogP) is 2.26. The molecule has 0 aliphatic rings. The lowest BCUT2D eigenvalue weighted by molar-refractivity contribution is -0.113. The number of aliphatic hydroxyl groups is 1. The normalized spacial score (nSPS) is 12.2. The molecule has 0 aliphatic carbocycles. The average Bonchev–Trinajstić information content (AvgIpc) is 2.34. The molecule has 1 atom stereocenters. The molecule has 0 fully saturated rings. The van der Waals surface area contributed by atoms with E-state index in [4.69, 9.17) is 5.11 Å². The second-order valence-electron chi connectivity index (χ2n) is 3.95. The van der Waals surface area contributed by atoms with E-state index >= 15 is 0 Å². The molecule has 6 heteroatoms. The van der Waals surface area contributed by atoms with Crippen LogP contribution in [0.1, 0.15) is 6.92 Å². The minimum atomic E-state index is -0.794. The molecule has 0 aromatic heterocycles. The van der Waals surface area contributed by atoms with Gasteiger partial charge in [-0.05, 0) is 23.8 Å². The number of carbonyl (C=O) groups is 1. The molecule has 18 heavy (non-hydrogen) atoms. The maximum Gasteiger partial charge on any atom is 0.234 e. The van der Waals surface area contributed by atoms with Crippen molar-refractivity contribution in [1.29, 1.82) is 0 Å². The van der Waals surface area contributed by atoms with Gasteiger partial charge in [-0.3, -0.25) is 4.79 Å². The highest BCUT2D eigenvalue weighted by Crippen LogP contribution is 2.18. The van der Waals surface area contributed by atoms with Crippen molar-refractivity contribution in [2.24, 2.45) is 5.92 Å². The van der Waals surface area contributed by atoms with Gasteiger partial charge in [-0.15, -0.1) is 0 Å². The topological polar surface area (TPSA) is 49.3 Å². The van der Waals surface area contributed by atoms with E-state index in [0.29, 0.717) is 5.75 Å². The van der Waals surface area contributed by atoms with Crippen LogP contribution in [0.4, 0.5) is 14.5 Å². The highest BCUT2D eigenvalue weighted by molar-refractivity contribution is 7.99. The van der Waals surface area contributed by atoms with Crippen LogP contribution in [-0.4, -0.2) is 29.1 Å². The molecule has 1 amide bonds. The highest BCUT2D eigenvalue weighted by Gasteiger charge is 2.12. The van der Waals surface area contributed by atoms with Crippen molar-refractivity contribution in [3.63, 3.8) is 0 Å². The van der Waals surface area contributed by atoms with Crippen molar-refractivity contribution in [2.45, 2.75) is 6.92 Å². The monoisotopic (exact) mass is 275 g/mol. The Labute approximate surface area is 109 Å². The van der Waals surface area contributed by atoms with Gasteiger partial charge in [0, 0.05) is 6.61 Å². The fourth-order valence-corrected chi connectivity index (χ4v) is 2.08. The summed E-state index contributed by atoms with van der Waals surface area (Å²) in [5.41, 5.74) is -0.418. The number of thioether (sulfide) groups is 1. The Bertz CT molecular complexity index is 395. The molecule has 1 rings (SSSR count). The molecule has 0 radical (unpaired) electrons. The number of para-hydroxylation sites is 1. The predicted molar refractivity (Wildman–Crippen MR) is 68.6 cm³/mol. The molecule has 1 unspecified atom stereocenters. The van der Waals surface area contributed by atoms with E-state index in [1.165, 1.54) is 17.8 Å². The van der Waals surface area contributed by atoms with Crippen LogP contribution in [0.15, 0.2) is 18.2 Å². The first kappa shape index (κ1) is 14.9. The zero-order chi connectivity index (χ0) is 13.5. The minimum Gasteiger partial charge on any atom is -0.396 e. The molecular weight excluding hydrogens is 260 g/mol. The highest BCUT2D eigenvalue weighted by atomic mass is 32.2. The lowest BCUT2D eigenvalue weighted by atomic mass is 10.2. The summed E-state index contributed by atoms with van der Waals surface area (Å²) < 4.78 is 26.4. The van der Waals surface area contributed by atoms with Crippen LogP contribution in [0.3, 0.4) is 0 Å². The van der Waals surface area contributed by atoms with Crippen molar-refractivity contribution in [3.8, 4) is 0 Å². The molecule has 0 spiro atoms. The van der Waals surface area contributed by atoms with Crippen LogP contribution in [0.25, 0.3) is 0 Å². The summed E-state index contributed by atoms with van der Waals surface area (Å²) in [5.74, 6) is -1.25. The van der Waals surface area contributed by atoms with E-state index in [2.05, 4.69) is 5.32 Å². The molecule has 1 aromatic rings. The summed E-state index contributed by atoms with van der Waals surface area (Å²) in [4.78, 5) is 11.5. The average molecular weight is 275 g/mol. The van der Waals surface area contributed by atoms with Gasteiger partial charge in [-0.2, -0.15) is 11.8 Å². The van der Waals surface area contributed by atoms with Gasteiger partial charge >= 0.3 is 0 Å². The number of hydrogen-bond acceptors (Lipinski definition) is 3. The molecule has 0 bridgehead atoms. The number of benzene rings is 1. The maximum absolute atomic E-state index is 13.2. The van der Waals surface area contributed by atoms with Crippen LogP contribution >= 0.6 is 11.8 Å². The number of nitrogens with one attached hydrogen (secondary N) is 1. The van der Waals surface area contributed by atoms with E-state index in [0.717, 1.165) is 12.1 Å². The van der Waals surface area contributed by atoms with Crippen LogP contribution < -0.4 is 5.32 Å². The first-order chi connectivity index (χ1) is 8.54. The van der Waals surface area contributed by atoms with Crippen LogP contribution in [0.5, 0.6) is 0 Å². The number of carbonyl (C=O) groups excluding carboxylic acids is 1. The van der Waals surface area contributed by atoms with E-state index < -0.39 is 23.2 Å². The Balaban J connectivity index is 2.45. The molecule has 0 saturated heterocycles. The number of amides is 1. The minimum absolute atomic E-state index is 0.0521. The van der Waals surface area contributed by atoms with Crippen molar-refractivity contribution >= 4 is 23.4 Å². The van der Waals surface area contributed by atoms with Gasteiger partial charge in [0.2, 0.25) is 5.91 Å². The molecule has 0 aliphatic heterocycles.